The summed E-state index contributed by atoms with van der Waals surface area (Å²) in [5, 5.41) is 5.83. The van der Waals surface area contributed by atoms with E-state index >= 15 is 0 Å². The van der Waals surface area contributed by atoms with Gasteiger partial charge < -0.3 is 15.4 Å². The van der Waals surface area contributed by atoms with Crippen LogP contribution >= 0.6 is 0 Å². The fourth-order valence-corrected chi connectivity index (χ4v) is 2.71. The number of hydrogen-bond acceptors (Lipinski definition) is 4. The monoisotopic (exact) mass is 405 g/mol. The van der Waals surface area contributed by atoms with Crippen LogP contribution < -0.4 is 15.4 Å². The van der Waals surface area contributed by atoms with Crippen LogP contribution in [-0.4, -0.2) is 17.5 Å². The third-order valence-corrected chi connectivity index (χ3v) is 4.24. The van der Waals surface area contributed by atoms with Crippen molar-refractivity contribution >= 4 is 23.5 Å². The molecule has 0 aliphatic heterocycles. The van der Waals surface area contributed by atoms with Crippen LogP contribution in [0.25, 0.3) is 6.08 Å². The number of hydrogen-bond donors (Lipinski definition) is 2. The highest BCUT2D eigenvalue weighted by Gasteiger charge is 2.04. The molecule has 2 aromatic carbocycles. The van der Waals surface area contributed by atoms with E-state index in [1.54, 1.807) is 42.6 Å². The molecule has 0 aliphatic rings. The van der Waals surface area contributed by atoms with E-state index in [0.29, 0.717) is 30.2 Å². The van der Waals surface area contributed by atoms with E-state index in [4.69, 9.17) is 4.74 Å². The molecule has 1 amide bonds. The molecule has 0 saturated heterocycles. The Kier molecular flexibility index (Phi) is 7.55. The highest BCUT2D eigenvalue weighted by molar-refractivity contribution is 6.02. The first-order chi connectivity index (χ1) is 14.7. The number of pyridine rings is 1. The summed E-state index contributed by atoms with van der Waals surface area (Å²) in [6, 6.07) is 17.6. The molecule has 0 fully saturated rings. The maximum Gasteiger partial charge on any atom is 0.248 e. The second kappa shape index (κ2) is 10.8. The van der Waals surface area contributed by atoms with Crippen LogP contribution in [0.1, 0.15) is 24.5 Å². The highest BCUT2D eigenvalue weighted by Crippen LogP contribution is 2.20. The lowest BCUT2D eigenvalue weighted by Crippen LogP contribution is -2.09. The molecule has 30 heavy (non-hydrogen) atoms. The first-order valence-corrected chi connectivity index (χ1v) is 9.80. The van der Waals surface area contributed by atoms with Gasteiger partial charge in [0.05, 0.1) is 18.5 Å². The fourth-order valence-electron chi connectivity index (χ4n) is 2.71. The summed E-state index contributed by atoms with van der Waals surface area (Å²) >= 11 is 0. The average Bonchev–Trinajstić information content (AvgIpc) is 2.77. The number of rotatable bonds is 9. The molecular weight excluding hydrogens is 381 g/mol. The van der Waals surface area contributed by atoms with Gasteiger partial charge in [-0.1, -0.05) is 43.3 Å². The largest absolute Gasteiger partial charge is 0.493 e. The van der Waals surface area contributed by atoms with Crippen LogP contribution in [0.2, 0.25) is 0 Å². The van der Waals surface area contributed by atoms with Crippen LogP contribution in [0.5, 0.6) is 5.75 Å². The van der Waals surface area contributed by atoms with E-state index in [0.717, 1.165) is 17.7 Å². The number of amides is 1. The maximum absolute atomic E-state index is 13.7. The minimum Gasteiger partial charge on any atom is -0.493 e. The van der Waals surface area contributed by atoms with Gasteiger partial charge in [0.25, 0.3) is 0 Å². The Morgan fingerprint density at radius 1 is 1.10 bits per heavy atom. The maximum atomic E-state index is 13.7. The lowest BCUT2D eigenvalue weighted by Gasteiger charge is -2.08. The van der Waals surface area contributed by atoms with Gasteiger partial charge in [-0.3, -0.25) is 4.79 Å². The molecule has 2 N–H and O–H groups in total. The van der Waals surface area contributed by atoms with Crippen molar-refractivity contribution in [1.29, 1.82) is 0 Å². The standard InChI is InChI=1S/C24H24FN3O2/c1-2-15-30-22-10-6-4-7-18(22)11-14-24(29)28-20-12-13-23(27-17-20)26-16-19-8-3-5-9-21(19)25/h3-14,17H,2,15-16H2,1H3,(H,26,27)(H,28,29)/b14-11+. The lowest BCUT2D eigenvalue weighted by atomic mass is 10.2. The first-order valence-electron chi connectivity index (χ1n) is 9.80. The van der Waals surface area contributed by atoms with Gasteiger partial charge in [0, 0.05) is 23.7 Å². The van der Waals surface area contributed by atoms with Crippen molar-refractivity contribution in [3.8, 4) is 5.75 Å². The second-order valence-corrected chi connectivity index (χ2v) is 6.59. The summed E-state index contributed by atoms with van der Waals surface area (Å²) in [5.41, 5.74) is 1.97. The molecule has 0 radical (unpaired) electrons. The van der Waals surface area contributed by atoms with Crippen LogP contribution in [0, 0.1) is 5.82 Å². The summed E-state index contributed by atoms with van der Waals surface area (Å²) < 4.78 is 19.3. The summed E-state index contributed by atoms with van der Waals surface area (Å²) in [7, 11) is 0. The minimum absolute atomic E-state index is 0.262. The number of carbonyl (C=O) groups is 1. The van der Waals surface area contributed by atoms with Crippen molar-refractivity contribution in [2.75, 3.05) is 17.2 Å². The number of benzene rings is 2. The van der Waals surface area contributed by atoms with Gasteiger partial charge in [-0.2, -0.15) is 0 Å². The number of nitrogens with one attached hydrogen (secondary N) is 2. The van der Waals surface area contributed by atoms with Crippen LogP contribution in [0.3, 0.4) is 0 Å². The summed E-state index contributed by atoms with van der Waals surface area (Å²) in [6.45, 7) is 2.99. The number of para-hydroxylation sites is 1. The summed E-state index contributed by atoms with van der Waals surface area (Å²) in [6.07, 6.45) is 5.64. The van der Waals surface area contributed by atoms with Crippen molar-refractivity contribution in [3.05, 3.63) is 89.9 Å². The molecule has 6 heteroatoms. The number of nitrogens with zero attached hydrogens (tertiary/aromatic N) is 1. The first kappa shape index (κ1) is 21.0. The van der Waals surface area contributed by atoms with Gasteiger partial charge in [0.15, 0.2) is 0 Å². The number of halogens is 1. The zero-order valence-electron chi connectivity index (χ0n) is 16.8. The molecule has 0 aliphatic carbocycles. The molecule has 0 atom stereocenters. The van der Waals surface area contributed by atoms with Gasteiger partial charge >= 0.3 is 0 Å². The van der Waals surface area contributed by atoms with Gasteiger partial charge in [0.1, 0.15) is 17.4 Å². The number of carbonyl (C=O) groups excluding carboxylic acids is 1. The fraction of sp³-hybridized carbons (Fsp3) is 0.167. The number of anilines is 2. The average molecular weight is 405 g/mol. The molecule has 3 rings (SSSR count). The molecule has 0 bridgehead atoms. The Hall–Kier alpha value is -3.67. The Balaban J connectivity index is 1.54. The van der Waals surface area contributed by atoms with E-state index in [9.17, 15) is 9.18 Å². The molecule has 0 saturated carbocycles. The zero-order chi connectivity index (χ0) is 21.2. The predicted octanol–water partition coefficient (Wildman–Crippen LogP) is 5.27. The van der Waals surface area contributed by atoms with Crippen LogP contribution in [0.4, 0.5) is 15.9 Å². The Bertz CT molecular complexity index is 1000. The molecule has 0 spiro atoms. The zero-order valence-corrected chi connectivity index (χ0v) is 16.8. The SMILES string of the molecule is CCCOc1ccccc1/C=C/C(=O)Nc1ccc(NCc2ccccc2F)nc1. The van der Waals surface area contributed by atoms with Crippen molar-refractivity contribution in [2.24, 2.45) is 0 Å². The lowest BCUT2D eigenvalue weighted by molar-refractivity contribution is -0.111. The second-order valence-electron chi connectivity index (χ2n) is 6.59. The minimum atomic E-state index is -0.269. The number of aromatic nitrogens is 1. The molecule has 154 valence electrons. The Morgan fingerprint density at radius 2 is 1.90 bits per heavy atom. The topological polar surface area (TPSA) is 63.2 Å². The van der Waals surface area contributed by atoms with E-state index in [1.807, 2.05) is 31.2 Å². The van der Waals surface area contributed by atoms with Gasteiger partial charge in [-0.05, 0) is 36.8 Å². The molecular formula is C24H24FN3O2. The van der Waals surface area contributed by atoms with Crippen molar-refractivity contribution < 1.29 is 13.9 Å². The number of ether oxygens (including phenoxy) is 1. The summed E-state index contributed by atoms with van der Waals surface area (Å²) in [5.74, 6) is 0.806. The third-order valence-electron chi connectivity index (χ3n) is 4.24. The van der Waals surface area contributed by atoms with Crippen molar-refractivity contribution in [2.45, 2.75) is 19.9 Å². The quantitative estimate of drug-likeness (QED) is 0.476. The highest BCUT2D eigenvalue weighted by atomic mass is 19.1. The van der Waals surface area contributed by atoms with E-state index in [-0.39, 0.29) is 11.7 Å². The van der Waals surface area contributed by atoms with Crippen molar-refractivity contribution in [1.82, 2.24) is 4.98 Å². The molecule has 1 heterocycles. The van der Waals surface area contributed by atoms with E-state index in [2.05, 4.69) is 15.6 Å². The van der Waals surface area contributed by atoms with E-state index < -0.39 is 0 Å². The smallest absolute Gasteiger partial charge is 0.248 e. The van der Waals surface area contributed by atoms with Crippen LogP contribution in [-0.2, 0) is 11.3 Å². The molecule has 3 aromatic rings. The molecule has 1 aromatic heterocycles. The molecule has 0 unspecified atom stereocenters. The van der Waals surface area contributed by atoms with Gasteiger partial charge in [-0.25, -0.2) is 9.37 Å². The van der Waals surface area contributed by atoms with Crippen LogP contribution in [0.15, 0.2) is 72.9 Å². The van der Waals surface area contributed by atoms with Gasteiger partial charge in [0.2, 0.25) is 5.91 Å². The van der Waals surface area contributed by atoms with E-state index in [1.165, 1.54) is 12.1 Å². The Morgan fingerprint density at radius 3 is 2.67 bits per heavy atom. The predicted molar refractivity (Wildman–Crippen MR) is 118 cm³/mol. The third kappa shape index (κ3) is 6.17. The Labute approximate surface area is 175 Å². The van der Waals surface area contributed by atoms with Crippen molar-refractivity contribution in [3.63, 3.8) is 0 Å². The summed E-state index contributed by atoms with van der Waals surface area (Å²) in [4.78, 5) is 16.5. The van der Waals surface area contributed by atoms with Gasteiger partial charge in [-0.15, -0.1) is 0 Å². The normalized spacial score (nSPS) is 10.7. The molecule has 5 nitrogen and oxygen atoms in total.